The molecule has 8 heteroatoms. The lowest BCUT2D eigenvalue weighted by Crippen LogP contribution is -2.14. The van der Waals surface area contributed by atoms with Crippen molar-refractivity contribution in [2.24, 2.45) is 0 Å². The van der Waals surface area contributed by atoms with Crippen molar-refractivity contribution in [3.63, 3.8) is 0 Å². The molecule has 0 saturated carbocycles. The Morgan fingerprint density at radius 2 is 2.22 bits per heavy atom. The first-order valence-electron chi connectivity index (χ1n) is 8.18. The molecular formula is C19H16FN4O2S+. The third-order valence-electron chi connectivity index (χ3n) is 4.09. The number of benzene rings is 2. The molecule has 0 radical (unpaired) electrons. The van der Waals surface area contributed by atoms with Gasteiger partial charge < -0.3 is 10.1 Å². The molecule has 2 aromatic carbocycles. The summed E-state index contributed by atoms with van der Waals surface area (Å²) >= 11 is 1.52. The zero-order chi connectivity index (χ0) is 18.8. The standard InChI is InChI=1S/C19H15FN4O2S/c1-26-17-5-2-11(6-13(17)20)7-18(25)22-12-3-4-14-15(8-12)24-19(23-14)16-9-27-10-21-16/h2-6,8-10H,7H2,1H3,(H,22,25)(H,23,24)/p+1. The van der Waals surface area contributed by atoms with Crippen LogP contribution in [0.3, 0.4) is 0 Å². The van der Waals surface area contributed by atoms with Gasteiger partial charge in [-0.3, -0.25) is 4.79 Å². The molecule has 4 rings (SSSR count). The fourth-order valence-electron chi connectivity index (χ4n) is 2.81. The number of ether oxygens (including phenoxy) is 1. The van der Waals surface area contributed by atoms with Crippen molar-refractivity contribution in [2.45, 2.75) is 6.42 Å². The normalized spacial score (nSPS) is 10.9. The number of halogens is 1. The number of nitrogens with one attached hydrogen (secondary N) is 3. The first-order chi connectivity index (χ1) is 13.1. The number of hydrogen-bond acceptors (Lipinski definition) is 4. The lowest BCUT2D eigenvalue weighted by Gasteiger charge is -2.06. The Kier molecular flexibility index (Phi) is 4.55. The quantitative estimate of drug-likeness (QED) is 0.554. The first kappa shape index (κ1) is 17.2. The third-order valence-corrected chi connectivity index (χ3v) is 4.68. The molecule has 1 amide bonds. The van der Waals surface area contributed by atoms with E-state index in [4.69, 9.17) is 4.74 Å². The van der Waals surface area contributed by atoms with Gasteiger partial charge in [0.1, 0.15) is 0 Å². The van der Waals surface area contributed by atoms with Crippen LogP contribution in [0, 0.1) is 5.82 Å². The molecule has 2 heterocycles. The van der Waals surface area contributed by atoms with Crippen LogP contribution in [0.1, 0.15) is 5.56 Å². The zero-order valence-electron chi connectivity index (χ0n) is 14.4. The van der Waals surface area contributed by atoms with Crippen LogP contribution in [0.2, 0.25) is 0 Å². The van der Waals surface area contributed by atoms with E-state index < -0.39 is 5.82 Å². The largest absolute Gasteiger partial charge is 0.494 e. The maximum Gasteiger partial charge on any atom is 0.305 e. The summed E-state index contributed by atoms with van der Waals surface area (Å²) in [4.78, 5) is 23.1. The number of hydrogen-bond donors (Lipinski definition) is 2. The number of carbonyl (C=O) groups excluding carboxylic acids is 1. The number of fused-ring (bicyclic) bond motifs is 1. The Morgan fingerprint density at radius 3 is 2.96 bits per heavy atom. The van der Waals surface area contributed by atoms with Crippen molar-refractivity contribution in [3.8, 4) is 17.3 Å². The maximum atomic E-state index is 13.8. The van der Waals surface area contributed by atoms with E-state index in [1.807, 2.05) is 23.6 Å². The lowest BCUT2D eigenvalue weighted by atomic mass is 10.1. The van der Waals surface area contributed by atoms with Gasteiger partial charge in [-0.2, -0.15) is 0 Å². The molecule has 3 N–H and O–H groups in total. The van der Waals surface area contributed by atoms with Crippen LogP contribution in [0.15, 0.2) is 47.3 Å². The van der Waals surface area contributed by atoms with E-state index in [2.05, 4.69) is 20.3 Å². The number of methoxy groups -OCH3 is 1. The van der Waals surface area contributed by atoms with Crippen molar-refractivity contribution in [2.75, 3.05) is 12.4 Å². The van der Waals surface area contributed by atoms with Crippen molar-refractivity contribution < 1.29 is 18.9 Å². The molecule has 0 fully saturated rings. The number of thiazole rings is 1. The minimum Gasteiger partial charge on any atom is -0.494 e. The third kappa shape index (κ3) is 3.65. The van der Waals surface area contributed by atoms with E-state index in [0.717, 1.165) is 22.6 Å². The van der Waals surface area contributed by atoms with Gasteiger partial charge in [0, 0.05) is 17.1 Å². The Morgan fingerprint density at radius 1 is 1.33 bits per heavy atom. The van der Waals surface area contributed by atoms with Gasteiger partial charge in [0.25, 0.3) is 0 Å². The maximum absolute atomic E-state index is 13.8. The number of aromatic amines is 2. The van der Waals surface area contributed by atoms with E-state index >= 15 is 0 Å². The highest BCUT2D eigenvalue weighted by atomic mass is 32.1. The minimum absolute atomic E-state index is 0.0693. The molecule has 0 bridgehead atoms. The molecule has 2 aromatic heterocycles. The Hall–Kier alpha value is -3.26. The molecule has 0 spiro atoms. The number of H-pyrrole nitrogens is 2. The van der Waals surface area contributed by atoms with Crippen LogP contribution in [0.5, 0.6) is 5.75 Å². The molecule has 0 aliphatic rings. The SMILES string of the molecule is COc1ccc(CC(=O)Nc2ccc3[nH+]c(-c4cscn4)[nH]c3c2)cc1F. The van der Waals surface area contributed by atoms with Crippen LogP contribution in [0.25, 0.3) is 22.6 Å². The van der Waals surface area contributed by atoms with Gasteiger partial charge in [-0.25, -0.2) is 19.3 Å². The van der Waals surface area contributed by atoms with Gasteiger partial charge in [0.15, 0.2) is 28.3 Å². The van der Waals surface area contributed by atoms with E-state index in [9.17, 15) is 9.18 Å². The first-order valence-corrected chi connectivity index (χ1v) is 9.12. The fraction of sp³-hybridized carbons (Fsp3) is 0.105. The highest BCUT2D eigenvalue weighted by Gasteiger charge is 2.15. The molecule has 0 aliphatic heterocycles. The van der Waals surface area contributed by atoms with Crippen LogP contribution in [-0.4, -0.2) is 23.0 Å². The van der Waals surface area contributed by atoms with Crippen LogP contribution in [0.4, 0.5) is 10.1 Å². The molecular weight excluding hydrogens is 367 g/mol. The van der Waals surface area contributed by atoms with Gasteiger partial charge in [0.2, 0.25) is 5.91 Å². The highest BCUT2D eigenvalue weighted by Crippen LogP contribution is 2.21. The molecule has 0 atom stereocenters. The minimum atomic E-state index is -0.485. The summed E-state index contributed by atoms with van der Waals surface area (Å²) in [5.74, 6) is 0.252. The Labute approximate surface area is 158 Å². The summed E-state index contributed by atoms with van der Waals surface area (Å²) in [5, 5.41) is 4.78. The van der Waals surface area contributed by atoms with Crippen LogP contribution < -0.4 is 15.0 Å². The van der Waals surface area contributed by atoms with E-state index in [-0.39, 0.29) is 18.1 Å². The number of carbonyl (C=O) groups is 1. The molecule has 136 valence electrons. The van der Waals surface area contributed by atoms with Gasteiger partial charge >= 0.3 is 5.82 Å². The smallest absolute Gasteiger partial charge is 0.305 e. The number of aromatic nitrogens is 3. The lowest BCUT2D eigenvalue weighted by molar-refractivity contribution is -0.330. The van der Waals surface area contributed by atoms with E-state index in [1.165, 1.54) is 30.6 Å². The zero-order valence-corrected chi connectivity index (χ0v) is 15.2. The van der Waals surface area contributed by atoms with Gasteiger partial charge in [-0.1, -0.05) is 6.07 Å². The van der Waals surface area contributed by atoms with Gasteiger partial charge in [-0.05, 0) is 29.8 Å². The summed E-state index contributed by atoms with van der Waals surface area (Å²) in [6, 6.07) is 10.0. The van der Waals surface area contributed by atoms with Crippen molar-refractivity contribution in [1.82, 2.24) is 9.97 Å². The van der Waals surface area contributed by atoms with E-state index in [1.54, 1.807) is 11.6 Å². The van der Waals surface area contributed by atoms with Crippen LogP contribution in [-0.2, 0) is 11.2 Å². The average molecular weight is 383 g/mol. The summed E-state index contributed by atoms with van der Waals surface area (Å²) in [5.41, 5.74) is 5.60. The molecule has 0 saturated heterocycles. The monoisotopic (exact) mass is 383 g/mol. The fourth-order valence-corrected chi connectivity index (χ4v) is 3.35. The number of rotatable bonds is 5. The summed E-state index contributed by atoms with van der Waals surface area (Å²) in [6.07, 6.45) is 0.0693. The molecule has 6 nitrogen and oxygen atoms in total. The molecule has 0 unspecified atom stereocenters. The molecule has 0 aliphatic carbocycles. The Balaban J connectivity index is 1.49. The van der Waals surface area contributed by atoms with Crippen molar-refractivity contribution in [1.29, 1.82) is 0 Å². The second-order valence-corrected chi connectivity index (χ2v) is 6.67. The summed E-state index contributed by atoms with van der Waals surface area (Å²) < 4.78 is 18.6. The summed E-state index contributed by atoms with van der Waals surface area (Å²) in [7, 11) is 1.40. The topological polar surface area (TPSA) is 81.2 Å². The van der Waals surface area contributed by atoms with Crippen molar-refractivity contribution >= 4 is 34.0 Å². The molecule has 27 heavy (non-hydrogen) atoms. The number of anilines is 1. The van der Waals surface area contributed by atoms with Crippen LogP contribution >= 0.6 is 11.3 Å². The van der Waals surface area contributed by atoms with Crippen molar-refractivity contribution in [3.05, 3.63) is 58.7 Å². The second-order valence-electron chi connectivity index (χ2n) is 5.95. The molecule has 4 aromatic rings. The van der Waals surface area contributed by atoms with E-state index in [0.29, 0.717) is 11.3 Å². The number of nitrogens with zero attached hydrogens (tertiary/aromatic N) is 1. The predicted molar refractivity (Wildman–Crippen MR) is 101 cm³/mol. The number of imidazole rings is 1. The number of amides is 1. The average Bonchev–Trinajstić information content (AvgIpc) is 3.31. The summed E-state index contributed by atoms with van der Waals surface area (Å²) in [6.45, 7) is 0. The predicted octanol–water partition coefficient (Wildman–Crippen LogP) is 3.43. The van der Waals surface area contributed by atoms with Gasteiger partial charge in [0.05, 0.1) is 19.0 Å². The second kappa shape index (κ2) is 7.16. The highest BCUT2D eigenvalue weighted by molar-refractivity contribution is 7.07. The Bertz CT molecular complexity index is 1110. The van der Waals surface area contributed by atoms with Gasteiger partial charge in [-0.15, -0.1) is 11.3 Å².